The summed E-state index contributed by atoms with van der Waals surface area (Å²) in [5.74, 6) is -0.996. The lowest BCUT2D eigenvalue weighted by Crippen LogP contribution is -2.29. The first-order valence-corrected chi connectivity index (χ1v) is 4.99. The molecule has 92 valence electrons. The van der Waals surface area contributed by atoms with Crippen LogP contribution in [0, 0.1) is 0 Å². The molecule has 1 rings (SSSR count). The molecule has 0 atom stereocenters. The summed E-state index contributed by atoms with van der Waals surface area (Å²) in [6.07, 6.45) is -1.00. The molecule has 0 aromatic heterocycles. The van der Waals surface area contributed by atoms with E-state index in [1.165, 1.54) is 14.2 Å². The van der Waals surface area contributed by atoms with E-state index in [0.29, 0.717) is 5.56 Å². The lowest BCUT2D eigenvalue weighted by molar-refractivity contribution is -0.159. The third-order valence-corrected chi connectivity index (χ3v) is 2.05. The lowest BCUT2D eigenvalue weighted by Gasteiger charge is -2.11. The quantitative estimate of drug-likeness (QED) is 0.547. The van der Waals surface area contributed by atoms with E-state index in [1.54, 1.807) is 30.3 Å². The van der Waals surface area contributed by atoms with Crippen molar-refractivity contribution in [3.63, 3.8) is 0 Å². The van der Waals surface area contributed by atoms with Gasteiger partial charge in [-0.15, -0.1) is 0 Å². The van der Waals surface area contributed by atoms with Gasteiger partial charge in [0.2, 0.25) is 12.1 Å². The zero-order valence-electron chi connectivity index (χ0n) is 9.71. The number of hydrogen-bond acceptors (Lipinski definition) is 5. The average molecular weight is 238 g/mol. The third-order valence-electron chi connectivity index (χ3n) is 2.05. The Labute approximate surface area is 99.3 Å². The number of rotatable bonds is 6. The minimum atomic E-state index is -1.00. The summed E-state index contributed by atoms with van der Waals surface area (Å²) < 4.78 is 14.3. The number of benzene rings is 1. The topological polar surface area (TPSA) is 61.8 Å². The molecule has 0 saturated heterocycles. The summed E-state index contributed by atoms with van der Waals surface area (Å²) in [7, 11) is 2.68. The Morgan fingerprint density at radius 3 is 2.24 bits per heavy atom. The van der Waals surface area contributed by atoms with Crippen molar-refractivity contribution in [3.05, 3.63) is 35.9 Å². The summed E-state index contributed by atoms with van der Waals surface area (Å²) in [5.41, 5.74) is 0.395. The molecular formula is C12H14O5. The van der Waals surface area contributed by atoms with E-state index in [2.05, 4.69) is 0 Å². The fraction of sp³-hybridized carbons (Fsp3) is 0.333. The SMILES string of the molecule is COC(OC)C(=O)COC(=O)c1ccccc1. The van der Waals surface area contributed by atoms with Crippen molar-refractivity contribution in [1.82, 2.24) is 0 Å². The zero-order valence-corrected chi connectivity index (χ0v) is 9.71. The predicted octanol–water partition coefficient (Wildman–Crippen LogP) is 1.03. The molecule has 0 aliphatic rings. The van der Waals surface area contributed by atoms with Crippen LogP contribution in [-0.4, -0.2) is 38.9 Å². The highest BCUT2D eigenvalue weighted by Gasteiger charge is 2.18. The maximum atomic E-state index is 11.5. The molecule has 0 radical (unpaired) electrons. The third kappa shape index (κ3) is 3.97. The summed E-state index contributed by atoms with van der Waals surface area (Å²) in [6.45, 7) is -0.375. The maximum Gasteiger partial charge on any atom is 0.338 e. The Hall–Kier alpha value is -1.72. The number of methoxy groups -OCH3 is 2. The van der Waals surface area contributed by atoms with E-state index in [-0.39, 0.29) is 6.61 Å². The number of hydrogen-bond donors (Lipinski definition) is 0. The highest BCUT2D eigenvalue weighted by Crippen LogP contribution is 2.02. The number of esters is 1. The number of carbonyl (C=O) groups excluding carboxylic acids is 2. The molecule has 0 N–H and O–H groups in total. The maximum absolute atomic E-state index is 11.5. The fourth-order valence-electron chi connectivity index (χ4n) is 1.22. The smallest absolute Gasteiger partial charge is 0.338 e. The Bertz CT molecular complexity index is 370. The second-order valence-electron chi connectivity index (χ2n) is 3.21. The van der Waals surface area contributed by atoms with Gasteiger partial charge in [0.25, 0.3) is 0 Å². The van der Waals surface area contributed by atoms with E-state index in [9.17, 15) is 9.59 Å². The molecule has 5 heteroatoms. The first-order valence-electron chi connectivity index (χ1n) is 4.99. The monoisotopic (exact) mass is 238 g/mol. The van der Waals surface area contributed by atoms with Gasteiger partial charge in [0.1, 0.15) is 0 Å². The average Bonchev–Trinajstić information content (AvgIpc) is 2.38. The van der Waals surface area contributed by atoms with Crippen LogP contribution in [0.3, 0.4) is 0 Å². The van der Waals surface area contributed by atoms with Crippen LogP contribution in [0.25, 0.3) is 0 Å². The van der Waals surface area contributed by atoms with Gasteiger partial charge < -0.3 is 14.2 Å². The molecular weight excluding hydrogens is 224 g/mol. The van der Waals surface area contributed by atoms with Crippen molar-refractivity contribution in [2.24, 2.45) is 0 Å². The molecule has 1 aromatic rings. The van der Waals surface area contributed by atoms with Crippen molar-refractivity contribution < 1.29 is 23.8 Å². The van der Waals surface area contributed by atoms with Crippen molar-refractivity contribution in [2.45, 2.75) is 6.29 Å². The summed E-state index contributed by atoms with van der Waals surface area (Å²) in [6, 6.07) is 8.43. The molecule has 5 nitrogen and oxygen atoms in total. The molecule has 0 amide bonds. The predicted molar refractivity (Wildman–Crippen MR) is 59.5 cm³/mol. The molecule has 0 heterocycles. The van der Waals surface area contributed by atoms with Crippen LogP contribution in [0.4, 0.5) is 0 Å². The Morgan fingerprint density at radius 2 is 1.71 bits per heavy atom. The first kappa shape index (κ1) is 13.3. The Balaban J connectivity index is 2.46. The Kier molecular flexibility index (Phi) is 5.32. The minimum absolute atomic E-state index is 0.375. The van der Waals surface area contributed by atoms with Crippen LogP contribution in [0.2, 0.25) is 0 Å². The molecule has 0 bridgehead atoms. The number of ketones is 1. The van der Waals surface area contributed by atoms with Crippen molar-refractivity contribution >= 4 is 11.8 Å². The fourth-order valence-corrected chi connectivity index (χ4v) is 1.22. The van der Waals surface area contributed by atoms with E-state index in [1.807, 2.05) is 0 Å². The Morgan fingerprint density at radius 1 is 1.12 bits per heavy atom. The van der Waals surface area contributed by atoms with E-state index < -0.39 is 18.0 Å². The highest BCUT2D eigenvalue weighted by atomic mass is 16.7. The van der Waals surface area contributed by atoms with Crippen LogP contribution in [0.15, 0.2) is 30.3 Å². The van der Waals surface area contributed by atoms with Gasteiger partial charge in [0.15, 0.2) is 6.61 Å². The minimum Gasteiger partial charge on any atom is -0.454 e. The normalized spacial score (nSPS) is 10.3. The summed E-state index contributed by atoms with van der Waals surface area (Å²) >= 11 is 0. The largest absolute Gasteiger partial charge is 0.454 e. The van der Waals surface area contributed by atoms with Gasteiger partial charge in [-0.3, -0.25) is 4.79 Å². The van der Waals surface area contributed by atoms with Crippen molar-refractivity contribution in [3.8, 4) is 0 Å². The lowest BCUT2D eigenvalue weighted by atomic mass is 10.2. The van der Waals surface area contributed by atoms with Gasteiger partial charge in [0, 0.05) is 14.2 Å². The van der Waals surface area contributed by atoms with Gasteiger partial charge in [-0.25, -0.2) is 4.79 Å². The summed E-state index contributed by atoms with van der Waals surface area (Å²) in [5, 5.41) is 0. The van der Waals surface area contributed by atoms with E-state index >= 15 is 0 Å². The van der Waals surface area contributed by atoms with Crippen LogP contribution in [0.1, 0.15) is 10.4 Å². The van der Waals surface area contributed by atoms with E-state index in [4.69, 9.17) is 14.2 Å². The van der Waals surface area contributed by atoms with Gasteiger partial charge in [-0.05, 0) is 12.1 Å². The van der Waals surface area contributed by atoms with Crippen LogP contribution < -0.4 is 0 Å². The molecule has 0 saturated carbocycles. The second kappa shape index (κ2) is 6.78. The first-order chi connectivity index (χ1) is 8.19. The molecule has 0 unspecified atom stereocenters. The number of carbonyl (C=O) groups is 2. The molecule has 1 aromatic carbocycles. The second-order valence-corrected chi connectivity index (χ2v) is 3.21. The zero-order chi connectivity index (χ0) is 12.7. The van der Waals surface area contributed by atoms with Crippen molar-refractivity contribution in [2.75, 3.05) is 20.8 Å². The van der Waals surface area contributed by atoms with Crippen LogP contribution in [-0.2, 0) is 19.0 Å². The van der Waals surface area contributed by atoms with E-state index in [0.717, 1.165) is 0 Å². The van der Waals surface area contributed by atoms with Crippen molar-refractivity contribution in [1.29, 1.82) is 0 Å². The van der Waals surface area contributed by atoms with Gasteiger partial charge in [0.05, 0.1) is 5.56 Å². The molecule has 17 heavy (non-hydrogen) atoms. The number of Topliss-reactive ketones (excluding diaryl/α,β-unsaturated/α-hetero) is 1. The van der Waals surface area contributed by atoms with Gasteiger partial charge >= 0.3 is 5.97 Å². The van der Waals surface area contributed by atoms with Gasteiger partial charge in [-0.2, -0.15) is 0 Å². The standard InChI is InChI=1S/C12H14O5/c1-15-12(16-2)10(13)8-17-11(14)9-6-4-3-5-7-9/h3-7,12H,8H2,1-2H3. The van der Waals surface area contributed by atoms with Crippen LogP contribution in [0.5, 0.6) is 0 Å². The number of ether oxygens (including phenoxy) is 3. The van der Waals surface area contributed by atoms with Gasteiger partial charge in [-0.1, -0.05) is 18.2 Å². The molecule has 0 spiro atoms. The van der Waals surface area contributed by atoms with Crippen LogP contribution >= 0.6 is 0 Å². The highest BCUT2D eigenvalue weighted by molar-refractivity contribution is 5.92. The summed E-state index contributed by atoms with van der Waals surface area (Å²) in [4.78, 5) is 22.9. The molecule has 0 aliphatic heterocycles. The molecule has 0 fully saturated rings. The molecule has 0 aliphatic carbocycles.